The molecule has 37 heavy (non-hydrogen) atoms. The summed E-state index contributed by atoms with van der Waals surface area (Å²) in [5.74, 6) is -1.68. The van der Waals surface area contributed by atoms with Gasteiger partial charge in [0, 0.05) is 25.8 Å². The first-order valence-electron chi connectivity index (χ1n) is 11.7. The van der Waals surface area contributed by atoms with Crippen LogP contribution in [0.5, 0.6) is 0 Å². The fraction of sp³-hybridized carbons (Fsp3) is 0.360. The Morgan fingerprint density at radius 3 is 2.46 bits per heavy atom. The molecule has 1 aliphatic rings. The monoisotopic (exact) mass is 544 g/mol. The highest BCUT2D eigenvalue weighted by Crippen LogP contribution is 2.34. The van der Waals surface area contributed by atoms with Gasteiger partial charge in [0.25, 0.3) is 0 Å². The molecule has 1 atom stereocenters. The summed E-state index contributed by atoms with van der Waals surface area (Å²) in [6.07, 6.45) is 1.81. The van der Waals surface area contributed by atoms with Crippen molar-refractivity contribution in [3.05, 3.63) is 47.5 Å². The van der Waals surface area contributed by atoms with Gasteiger partial charge in [-0.25, -0.2) is 13.4 Å². The van der Waals surface area contributed by atoms with Crippen LogP contribution in [0.4, 0.5) is 5.69 Å². The lowest BCUT2D eigenvalue weighted by atomic mass is 10.1. The Morgan fingerprint density at radius 2 is 1.81 bits per heavy atom. The Bertz CT molecular complexity index is 1410. The van der Waals surface area contributed by atoms with E-state index in [2.05, 4.69) is 20.9 Å². The van der Waals surface area contributed by atoms with Gasteiger partial charge in [-0.3, -0.25) is 14.4 Å². The predicted octanol–water partition coefficient (Wildman–Crippen LogP) is 2.42. The smallest absolute Gasteiger partial charge is 0.245 e. The third kappa shape index (κ3) is 6.90. The number of benzene rings is 2. The van der Waals surface area contributed by atoms with Gasteiger partial charge < -0.3 is 20.7 Å². The summed E-state index contributed by atoms with van der Waals surface area (Å²) in [5.41, 5.74) is 3.01. The predicted molar refractivity (Wildman–Crippen MR) is 142 cm³/mol. The molecule has 3 amide bonds. The largest absolute Gasteiger partial charge is 0.384 e. The molecule has 1 aromatic heterocycles. The SMILES string of the molecule is COCCS(=O)(=O)C(C(=O)NCC(=O)NC1CC1)c1nc2ccc(-c3ccc(NC(C)=O)cc3)cc2s1. The van der Waals surface area contributed by atoms with Crippen LogP contribution < -0.4 is 16.0 Å². The minimum Gasteiger partial charge on any atom is -0.384 e. The van der Waals surface area contributed by atoms with E-state index < -0.39 is 21.0 Å². The van der Waals surface area contributed by atoms with Crippen molar-refractivity contribution in [3.63, 3.8) is 0 Å². The lowest BCUT2D eigenvalue weighted by Crippen LogP contribution is -2.41. The van der Waals surface area contributed by atoms with E-state index in [1.54, 1.807) is 18.2 Å². The minimum absolute atomic E-state index is 0.0716. The highest BCUT2D eigenvalue weighted by Gasteiger charge is 2.37. The van der Waals surface area contributed by atoms with Crippen molar-refractivity contribution in [2.75, 3.05) is 31.3 Å². The molecule has 2 aromatic carbocycles. The van der Waals surface area contributed by atoms with Gasteiger partial charge in [-0.15, -0.1) is 11.3 Å². The number of sulfone groups is 1. The first-order valence-corrected chi connectivity index (χ1v) is 14.3. The Labute approximate surface area is 218 Å². The number of aromatic nitrogens is 1. The van der Waals surface area contributed by atoms with Crippen LogP contribution in [-0.2, 0) is 29.0 Å². The highest BCUT2D eigenvalue weighted by atomic mass is 32.2. The molecule has 1 saturated carbocycles. The molecular weight excluding hydrogens is 516 g/mol. The summed E-state index contributed by atoms with van der Waals surface area (Å²) in [6, 6.07) is 13.0. The van der Waals surface area contributed by atoms with Crippen molar-refractivity contribution in [2.24, 2.45) is 0 Å². The molecule has 0 aliphatic heterocycles. The van der Waals surface area contributed by atoms with E-state index in [-0.39, 0.29) is 41.8 Å². The zero-order valence-corrected chi connectivity index (χ0v) is 22.1. The number of nitrogens with one attached hydrogen (secondary N) is 3. The van der Waals surface area contributed by atoms with Gasteiger partial charge in [0.1, 0.15) is 5.01 Å². The summed E-state index contributed by atoms with van der Waals surface area (Å²) in [6.45, 7) is 1.06. The first-order chi connectivity index (χ1) is 17.7. The number of hydrogen-bond acceptors (Lipinski definition) is 8. The van der Waals surface area contributed by atoms with Crippen molar-refractivity contribution in [2.45, 2.75) is 31.1 Å². The van der Waals surface area contributed by atoms with Crippen LogP contribution in [0, 0.1) is 0 Å². The average Bonchev–Trinajstić information content (AvgIpc) is 3.57. The maximum atomic E-state index is 13.1. The normalized spacial score (nSPS) is 14.2. The zero-order valence-electron chi connectivity index (χ0n) is 20.4. The Kier molecular flexibility index (Phi) is 8.20. The maximum Gasteiger partial charge on any atom is 0.245 e. The van der Waals surface area contributed by atoms with Gasteiger partial charge in [-0.1, -0.05) is 18.2 Å². The van der Waals surface area contributed by atoms with Crippen molar-refractivity contribution in [1.82, 2.24) is 15.6 Å². The summed E-state index contributed by atoms with van der Waals surface area (Å²) >= 11 is 1.12. The van der Waals surface area contributed by atoms with Gasteiger partial charge in [0.2, 0.25) is 17.7 Å². The van der Waals surface area contributed by atoms with Crippen LogP contribution in [0.25, 0.3) is 21.3 Å². The average molecular weight is 545 g/mol. The zero-order chi connectivity index (χ0) is 26.6. The third-order valence-electron chi connectivity index (χ3n) is 5.70. The Hall–Kier alpha value is -3.35. The molecule has 0 saturated heterocycles. The van der Waals surface area contributed by atoms with Gasteiger partial charge >= 0.3 is 0 Å². The van der Waals surface area contributed by atoms with Crippen LogP contribution in [0.3, 0.4) is 0 Å². The second-order valence-electron chi connectivity index (χ2n) is 8.79. The van der Waals surface area contributed by atoms with E-state index in [0.29, 0.717) is 15.9 Å². The number of carbonyl (C=O) groups excluding carboxylic acids is 3. The van der Waals surface area contributed by atoms with Gasteiger partial charge in [-0.05, 0) is 48.2 Å². The van der Waals surface area contributed by atoms with Crippen LogP contribution in [0.1, 0.15) is 30.0 Å². The number of amides is 3. The quantitative estimate of drug-likeness (QED) is 0.336. The molecule has 0 radical (unpaired) electrons. The number of methoxy groups -OCH3 is 1. The fourth-order valence-electron chi connectivity index (χ4n) is 3.70. The summed E-state index contributed by atoms with van der Waals surface area (Å²) in [4.78, 5) is 40.8. The standard InChI is InChI=1S/C25H28N4O6S2/c1-15(30)27-18-6-3-16(4-7-18)17-5-10-20-21(13-17)36-25(29-20)23(37(33,34)12-11-35-2)24(32)26-14-22(31)28-19-8-9-19/h3-7,10,13,19,23H,8-9,11-12,14H2,1-2H3,(H,26,32)(H,27,30)(H,28,31). The van der Waals surface area contributed by atoms with E-state index in [9.17, 15) is 22.8 Å². The molecule has 4 rings (SSSR count). The van der Waals surface area contributed by atoms with E-state index >= 15 is 0 Å². The second kappa shape index (κ2) is 11.4. The van der Waals surface area contributed by atoms with Crippen LogP contribution in [0.2, 0.25) is 0 Å². The summed E-state index contributed by atoms with van der Waals surface area (Å²) < 4.78 is 31.9. The number of anilines is 1. The number of nitrogens with zero attached hydrogens (tertiary/aromatic N) is 1. The van der Waals surface area contributed by atoms with E-state index in [1.165, 1.54) is 14.0 Å². The van der Waals surface area contributed by atoms with E-state index in [4.69, 9.17) is 4.74 Å². The number of hydrogen-bond donors (Lipinski definition) is 3. The number of fused-ring (bicyclic) bond motifs is 1. The molecular formula is C25H28N4O6S2. The van der Waals surface area contributed by atoms with Gasteiger partial charge in [0.15, 0.2) is 15.1 Å². The van der Waals surface area contributed by atoms with Crippen molar-refractivity contribution in [3.8, 4) is 11.1 Å². The molecule has 1 heterocycles. The molecule has 0 bridgehead atoms. The molecule has 12 heteroatoms. The van der Waals surface area contributed by atoms with Gasteiger partial charge in [0.05, 0.1) is 29.1 Å². The van der Waals surface area contributed by atoms with Crippen molar-refractivity contribution >= 4 is 54.8 Å². The number of thiazole rings is 1. The van der Waals surface area contributed by atoms with E-state index in [1.807, 2.05) is 24.3 Å². The summed E-state index contributed by atoms with van der Waals surface area (Å²) in [7, 11) is -2.59. The topological polar surface area (TPSA) is 144 Å². The van der Waals surface area contributed by atoms with Gasteiger partial charge in [-0.2, -0.15) is 0 Å². The maximum absolute atomic E-state index is 13.1. The fourth-order valence-corrected chi connectivity index (χ4v) is 6.67. The molecule has 1 unspecified atom stereocenters. The first kappa shape index (κ1) is 26.7. The number of carbonyl (C=O) groups is 3. The molecule has 1 fully saturated rings. The highest BCUT2D eigenvalue weighted by molar-refractivity contribution is 7.92. The number of rotatable bonds is 11. The Morgan fingerprint density at radius 1 is 1.11 bits per heavy atom. The van der Waals surface area contributed by atoms with Crippen LogP contribution >= 0.6 is 11.3 Å². The third-order valence-corrected chi connectivity index (χ3v) is 8.83. The van der Waals surface area contributed by atoms with E-state index in [0.717, 1.165) is 35.3 Å². The molecule has 3 aromatic rings. The lowest BCUT2D eigenvalue weighted by Gasteiger charge is -2.15. The Balaban J connectivity index is 1.60. The molecule has 1 aliphatic carbocycles. The van der Waals surface area contributed by atoms with Crippen molar-refractivity contribution in [1.29, 1.82) is 0 Å². The summed E-state index contributed by atoms with van der Waals surface area (Å²) in [5, 5.41) is 6.51. The molecule has 0 spiro atoms. The molecule has 10 nitrogen and oxygen atoms in total. The van der Waals surface area contributed by atoms with Crippen molar-refractivity contribution < 1.29 is 27.5 Å². The second-order valence-corrected chi connectivity index (χ2v) is 12.1. The molecule has 3 N–H and O–H groups in total. The minimum atomic E-state index is -3.98. The van der Waals surface area contributed by atoms with Crippen LogP contribution in [-0.4, -0.2) is 63.2 Å². The molecule has 196 valence electrons. The number of ether oxygens (including phenoxy) is 1. The lowest BCUT2D eigenvalue weighted by molar-refractivity contribution is -0.126. The van der Waals surface area contributed by atoms with Crippen LogP contribution in [0.15, 0.2) is 42.5 Å².